The van der Waals surface area contributed by atoms with Gasteiger partial charge in [-0.05, 0) is 42.8 Å². The van der Waals surface area contributed by atoms with Crippen molar-refractivity contribution in [3.63, 3.8) is 0 Å². The molecule has 2 nitrogen and oxygen atoms in total. The van der Waals surface area contributed by atoms with Crippen LogP contribution in [0, 0.1) is 0 Å². The van der Waals surface area contributed by atoms with E-state index in [4.69, 9.17) is 4.98 Å². The molecule has 0 fully saturated rings. The molecule has 1 aliphatic heterocycles. The number of anilines is 1. The van der Waals surface area contributed by atoms with Crippen molar-refractivity contribution in [2.24, 2.45) is 0 Å². The molecule has 0 aliphatic carbocycles. The molecule has 4 rings (SSSR count). The van der Waals surface area contributed by atoms with Crippen molar-refractivity contribution in [1.29, 1.82) is 0 Å². The van der Waals surface area contributed by atoms with Crippen LogP contribution < -0.4 is 4.90 Å². The molecule has 0 radical (unpaired) electrons. The molecule has 0 saturated heterocycles. The molecule has 0 atom stereocenters. The number of allylic oxidation sites excluding steroid dienone is 1. The minimum atomic E-state index is 0.931. The minimum absolute atomic E-state index is 0.931. The zero-order valence-corrected chi connectivity index (χ0v) is 13.1. The Morgan fingerprint density at radius 3 is 2.65 bits per heavy atom. The maximum absolute atomic E-state index is 4.76. The van der Waals surface area contributed by atoms with Crippen LogP contribution in [0.2, 0.25) is 0 Å². The highest BCUT2D eigenvalue weighted by Gasteiger charge is 2.15. The summed E-state index contributed by atoms with van der Waals surface area (Å²) in [4.78, 5) is 7.08. The van der Waals surface area contributed by atoms with E-state index in [1.54, 1.807) is 0 Å². The van der Waals surface area contributed by atoms with Gasteiger partial charge in [0.1, 0.15) is 0 Å². The first-order valence-corrected chi connectivity index (χ1v) is 7.97. The fourth-order valence-electron chi connectivity index (χ4n) is 3.07. The molecule has 2 heterocycles. The van der Waals surface area contributed by atoms with Gasteiger partial charge in [0, 0.05) is 23.3 Å². The third kappa shape index (κ3) is 2.53. The van der Waals surface area contributed by atoms with E-state index in [-0.39, 0.29) is 0 Å². The van der Waals surface area contributed by atoms with E-state index >= 15 is 0 Å². The van der Waals surface area contributed by atoms with Gasteiger partial charge in [-0.2, -0.15) is 0 Å². The average Bonchev–Trinajstić information content (AvgIpc) is 2.61. The van der Waals surface area contributed by atoms with Crippen LogP contribution in [0.5, 0.6) is 0 Å². The van der Waals surface area contributed by atoms with Crippen molar-refractivity contribution in [3.8, 4) is 0 Å². The molecular weight excluding hydrogens is 280 g/mol. The average molecular weight is 298 g/mol. The van der Waals surface area contributed by atoms with Crippen molar-refractivity contribution >= 4 is 28.7 Å². The number of benzene rings is 2. The van der Waals surface area contributed by atoms with Crippen LogP contribution in [0.4, 0.5) is 5.69 Å². The quantitative estimate of drug-likeness (QED) is 0.652. The van der Waals surface area contributed by atoms with E-state index in [0.29, 0.717) is 0 Å². The van der Waals surface area contributed by atoms with Crippen LogP contribution in [0.15, 0.2) is 72.4 Å². The van der Waals surface area contributed by atoms with Crippen molar-refractivity contribution in [3.05, 3.63) is 83.7 Å². The molecule has 112 valence electrons. The molecule has 2 aromatic carbocycles. The Balaban J connectivity index is 1.78. The summed E-state index contributed by atoms with van der Waals surface area (Å²) < 4.78 is 0. The molecule has 2 heteroatoms. The smallest absolute Gasteiger partial charge is 0.0709 e. The second-order valence-electron chi connectivity index (χ2n) is 5.63. The fourth-order valence-corrected chi connectivity index (χ4v) is 3.07. The van der Waals surface area contributed by atoms with Crippen LogP contribution in [0.25, 0.3) is 23.1 Å². The number of rotatable bonds is 2. The van der Waals surface area contributed by atoms with Gasteiger partial charge in [0.25, 0.3) is 0 Å². The third-order valence-corrected chi connectivity index (χ3v) is 4.20. The summed E-state index contributed by atoms with van der Waals surface area (Å²) in [6, 6.07) is 20.9. The second kappa shape index (κ2) is 5.73. The lowest BCUT2D eigenvalue weighted by molar-refractivity contribution is 0.976. The number of hydrogen-bond donors (Lipinski definition) is 0. The number of hydrogen-bond acceptors (Lipinski definition) is 2. The maximum atomic E-state index is 4.76. The van der Waals surface area contributed by atoms with Crippen molar-refractivity contribution in [2.45, 2.75) is 6.92 Å². The summed E-state index contributed by atoms with van der Waals surface area (Å²) in [6.07, 6.45) is 6.50. The van der Waals surface area contributed by atoms with Crippen LogP contribution >= 0.6 is 0 Å². The minimum Gasteiger partial charge on any atom is -0.341 e. The zero-order valence-electron chi connectivity index (χ0n) is 13.1. The lowest BCUT2D eigenvalue weighted by Crippen LogP contribution is -2.23. The molecule has 0 N–H and O–H groups in total. The molecule has 0 saturated carbocycles. The Morgan fingerprint density at radius 2 is 1.74 bits per heavy atom. The van der Waals surface area contributed by atoms with Crippen LogP contribution in [-0.4, -0.2) is 11.5 Å². The van der Waals surface area contributed by atoms with Gasteiger partial charge in [-0.25, -0.2) is 4.98 Å². The molecule has 0 spiro atoms. The van der Waals surface area contributed by atoms with Gasteiger partial charge in [-0.1, -0.05) is 48.5 Å². The fraction of sp³-hybridized carbons (Fsp3) is 0.0952. The van der Waals surface area contributed by atoms with E-state index in [9.17, 15) is 0 Å². The monoisotopic (exact) mass is 298 g/mol. The van der Waals surface area contributed by atoms with Gasteiger partial charge in [0.05, 0.1) is 11.2 Å². The van der Waals surface area contributed by atoms with Gasteiger partial charge < -0.3 is 4.90 Å². The van der Waals surface area contributed by atoms with E-state index in [2.05, 4.69) is 78.6 Å². The number of nitrogens with zero attached hydrogens (tertiary/aromatic N) is 2. The summed E-state index contributed by atoms with van der Waals surface area (Å²) in [5, 5.41) is 1.17. The number of fused-ring (bicyclic) bond motifs is 2. The van der Waals surface area contributed by atoms with E-state index in [1.807, 2.05) is 12.1 Å². The highest BCUT2D eigenvalue weighted by Crippen LogP contribution is 2.31. The largest absolute Gasteiger partial charge is 0.341 e. The van der Waals surface area contributed by atoms with E-state index in [0.717, 1.165) is 17.8 Å². The Bertz CT molecular complexity index is 922. The van der Waals surface area contributed by atoms with Gasteiger partial charge >= 0.3 is 0 Å². The van der Waals surface area contributed by atoms with Crippen LogP contribution in [-0.2, 0) is 0 Å². The first-order chi connectivity index (χ1) is 11.3. The number of likely N-dealkylation sites (N-methyl/N-ethyl adjacent to an activating group) is 1. The third-order valence-electron chi connectivity index (χ3n) is 4.20. The first kappa shape index (κ1) is 13.8. The van der Waals surface area contributed by atoms with E-state index < -0.39 is 0 Å². The number of para-hydroxylation sites is 2. The Kier molecular flexibility index (Phi) is 3.43. The van der Waals surface area contributed by atoms with Crippen LogP contribution in [0.3, 0.4) is 0 Å². The Hall–Kier alpha value is -2.87. The van der Waals surface area contributed by atoms with Gasteiger partial charge in [-0.15, -0.1) is 0 Å². The zero-order chi connectivity index (χ0) is 15.6. The molecule has 0 unspecified atom stereocenters. The van der Waals surface area contributed by atoms with Crippen molar-refractivity contribution in [1.82, 2.24) is 4.98 Å². The second-order valence-corrected chi connectivity index (χ2v) is 5.63. The van der Waals surface area contributed by atoms with Crippen molar-refractivity contribution < 1.29 is 0 Å². The lowest BCUT2D eigenvalue weighted by atomic mass is 10.1. The SMILES string of the molecule is CCN1C(=Cc2ccc3ccccc3n2)C=Cc2ccccc21. The summed E-state index contributed by atoms with van der Waals surface area (Å²) >= 11 is 0. The topological polar surface area (TPSA) is 16.1 Å². The predicted octanol–water partition coefficient (Wildman–Crippen LogP) is 5.13. The predicted molar refractivity (Wildman–Crippen MR) is 98.2 cm³/mol. The molecule has 1 aromatic heterocycles. The number of aromatic nitrogens is 1. The standard InChI is InChI=1S/C21H18N2/c1-2-23-19(14-12-17-8-4-6-10-21(17)23)15-18-13-11-16-7-3-5-9-20(16)22-18/h3-15H,2H2,1H3. The van der Waals surface area contributed by atoms with Gasteiger partial charge in [-0.3, -0.25) is 0 Å². The molecule has 3 aromatic rings. The number of pyridine rings is 1. The van der Waals surface area contributed by atoms with Crippen molar-refractivity contribution in [2.75, 3.05) is 11.4 Å². The summed E-state index contributed by atoms with van der Waals surface area (Å²) in [6.45, 7) is 3.11. The Morgan fingerprint density at radius 1 is 0.913 bits per heavy atom. The molecule has 1 aliphatic rings. The molecule has 0 bridgehead atoms. The molecule has 0 amide bonds. The summed E-state index contributed by atoms with van der Waals surface area (Å²) in [7, 11) is 0. The lowest BCUT2D eigenvalue weighted by Gasteiger charge is -2.29. The highest BCUT2D eigenvalue weighted by molar-refractivity contribution is 5.82. The highest BCUT2D eigenvalue weighted by atomic mass is 15.1. The van der Waals surface area contributed by atoms with E-state index in [1.165, 1.54) is 22.3 Å². The Labute approximate surface area is 136 Å². The first-order valence-electron chi connectivity index (χ1n) is 7.97. The molecule has 23 heavy (non-hydrogen) atoms. The summed E-state index contributed by atoms with van der Waals surface area (Å²) in [5.41, 5.74) is 5.71. The van der Waals surface area contributed by atoms with Gasteiger partial charge in [0.15, 0.2) is 0 Å². The maximum Gasteiger partial charge on any atom is 0.0709 e. The van der Waals surface area contributed by atoms with Crippen LogP contribution in [0.1, 0.15) is 18.2 Å². The normalized spacial score (nSPS) is 15.2. The van der Waals surface area contributed by atoms with Gasteiger partial charge in [0.2, 0.25) is 0 Å². The summed E-state index contributed by atoms with van der Waals surface area (Å²) in [5.74, 6) is 0. The molecular formula is C21H18N2.